The Bertz CT molecular complexity index is 1840. The van der Waals surface area contributed by atoms with Gasteiger partial charge >= 0.3 is 0 Å². The maximum atomic E-state index is 13.2. The maximum absolute atomic E-state index is 13.2. The van der Waals surface area contributed by atoms with Gasteiger partial charge in [0, 0.05) is 36.7 Å². The number of aromatic nitrogens is 3. The molecule has 0 saturated carbocycles. The van der Waals surface area contributed by atoms with Gasteiger partial charge in [0.05, 0.1) is 16.8 Å². The summed E-state index contributed by atoms with van der Waals surface area (Å²) in [4.78, 5) is 50.6. The minimum atomic E-state index is -0.527. The van der Waals surface area contributed by atoms with Gasteiger partial charge in [-0.15, -0.1) is 0 Å². The molecular formula is C35H33N5O3. The van der Waals surface area contributed by atoms with Crippen molar-refractivity contribution in [2.45, 2.75) is 38.6 Å². The van der Waals surface area contributed by atoms with Crippen LogP contribution in [0.1, 0.15) is 46.9 Å². The summed E-state index contributed by atoms with van der Waals surface area (Å²) in [6.07, 6.45) is 1.31. The van der Waals surface area contributed by atoms with Crippen LogP contribution in [0.15, 0.2) is 102 Å². The molecule has 1 fully saturated rings. The fourth-order valence-corrected chi connectivity index (χ4v) is 5.97. The monoisotopic (exact) mass is 571 g/mol. The SMILES string of the molecule is CC(=O)C1(c2ccccc2)CCN(c2nc(C)c3ccc(=O)n(-c4ccc(C(=O)NCc5ccccc5)cc4)c3n2)CC1. The van der Waals surface area contributed by atoms with Gasteiger partial charge in [-0.2, -0.15) is 4.98 Å². The third-order valence-electron chi connectivity index (χ3n) is 8.51. The maximum Gasteiger partial charge on any atom is 0.256 e. The molecule has 6 rings (SSSR count). The number of hydrogen-bond acceptors (Lipinski definition) is 6. The Hall–Kier alpha value is -5.11. The van der Waals surface area contributed by atoms with Crippen molar-refractivity contribution in [2.24, 2.45) is 0 Å². The number of amides is 1. The van der Waals surface area contributed by atoms with Crippen molar-refractivity contribution < 1.29 is 9.59 Å². The number of nitrogens with one attached hydrogen (secondary N) is 1. The predicted molar refractivity (Wildman–Crippen MR) is 168 cm³/mol. The number of rotatable bonds is 7. The molecule has 1 N–H and O–H groups in total. The lowest BCUT2D eigenvalue weighted by atomic mass is 9.70. The Balaban J connectivity index is 1.28. The Morgan fingerprint density at radius 1 is 0.837 bits per heavy atom. The quantitative estimate of drug-likeness (QED) is 0.290. The van der Waals surface area contributed by atoms with Crippen molar-refractivity contribution in [3.8, 4) is 5.69 Å². The van der Waals surface area contributed by atoms with Crippen LogP contribution >= 0.6 is 0 Å². The number of pyridine rings is 1. The third kappa shape index (κ3) is 5.44. The largest absolute Gasteiger partial charge is 0.348 e. The van der Waals surface area contributed by atoms with Crippen LogP contribution in [0.5, 0.6) is 0 Å². The lowest BCUT2D eigenvalue weighted by molar-refractivity contribution is -0.123. The zero-order valence-corrected chi connectivity index (χ0v) is 24.3. The summed E-state index contributed by atoms with van der Waals surface area (Å²) in [5.74, 6) is 0.509. The second-order valence-corrected chi connectivity index (χ2v) is 11.1. The lowest BCUT2D eigenvalue weighted by Gasteiger charge is -2.40. The van der Waals surface area contributed by atoms with Crippen LogP contribution in [0.25, 0.3) is 16.7 Å². The highest BCUT2D eigenvalue weighted by atomic mass is 16.2. The molecule has 43 heavy (non-hydrogen) atoms. The van der Waals surface area contributed by atoms with Gasteiger partial charge in [-0.05, 0) is 68.1 Å². The summed E-state index contributed by atoms with van der Waals surface area (Å²) in [6, 6.07) is 29.9. The van der Waals surface area contributed by atoms with Gasteiger partial charge in [0.25, 0.3) is 11.5 Å². The van der Waals surface area contributed by atoms with E-state index in [4.69, 9.17) is 9.97 Å². The number of hydrogen-bond donors (Lipinski definition) is 1. The standard InChI is InChI=1S/C35H33N5O3/c1-24-30-17-18-31(42)40(29-15-13-27(14-16-29)33(43)36-23-26-9-5-3-6-10-26)32(30)38-34(37-24)39-21-19-35(20-22-39,25(2)41)28-11-7-4-8-12-28/h3-18H,19-23H2,1-2H3,(H,36,43). The normalized spacial score (nSPS) is 14.4. The summed E-state index contributed by atoms with van der Waals surface area (Å²) in [7, 11) is 0. The Morgan fingerprint density at radius 3 is 2.14 bits per heavy atom. The summed E-state index contributed by atoms with van der Waals surface area (Å²) in [5.41, 5.74) is 3.68. The third-order valence-corrected chi connectivity index (χ3v) is 8.51. The topological polar surface area (TPSA) is 97.2 Å². The molecule has 0 aliphatic carbocycles. The molecule has 0 bridgehead atoms. The molecule has 2 aromatic heterocycles. The molecule has 3 heterocycles. The number of carbonyl (C=O) groups is 2. The van der Waals surface area contributed by atoms with E-state index in [1.807, 2.05) is 67.6 Å². The molecule has 8 nitrogen and oxygen atoms in total. The minimum absolute atomic E-state index is 0.167. The predicted octanol–water partition coefficient (Wildman–Crippen LogP) is 5.15. The highest BCUT2D eigenvalue weighted by molar-refractivity contribution is 5.94. The number of anilines is 1. The summed E-state index contributed by atoms with van der Waals surface area (Å²) < 4.78 is 1.56. The van der Waals surface area contributed by atoms with Gasteiger partial charge < -0.3 is 10.2 Å². The highest BCUT2D eigenvalue weighted by Gasteiger charge is 2.41. The smallest absolute Gasteiger partial charge is 0.256 e. The van der Waals surface area contributed by atoms with Crippen molar-refractivity contribution in [3.05, 3.63) is 130 Å². The first-order valence-electron chi connectivity index (χ1n) is 14.5. The number of fused-ring (bicyclic) bond motifs is 1. The first-order valence-corrected chi connectivity index (χ1v) is 14.5. The second-order valence-electron chi connectivity index (χ2n) is 11.1. The van der Waals surface area contributed by atoms with E-state index in [1.54, 1.807) is 41.8 Å². The lowest BCUT2D eigenvalue weighted by Crippen LogP contribution is -2.47. The number of nitrogens with zero attached hydrogens (tertiary/aromatic N) is 4. The van der Waals surface area contributed by atoms with Crippen molar-refractivity contribution >= 4 is 28.7 Å². The van der Waals surface area contributed by atoms with Gasteiger partial charge in [0.15, 0.2) is 5.65 Å². The van der Waals surface area contributed by atoms with Gasteiger partial charge in [0.2, 0.25) is 5.95 Å². The number of carbonyl (C=O) groups excluding carboxylic acids is 2. The fourth-order valence-electron chi connectivity index (χ4n) is 5.97. The molecule has 1 aliphatic rings. The fraction of sp³-hybridized carbons (Fsp3) is 0.229. The van der Waals surface area contributed by atoms with E-state index in [9.17, 15) is 14.4 Å². The van der Waals surface area contributed by atoms with Gasteiger partial charge in [-0.25, -0.2) is 4.98 Å². The highest BCUT2D eigenvalue weighted by Crippen LogP contribution is 2.37. The number of benzene rings is 3. The molecular weight excluding hydrogens is 538 g/mol. The molecule has 0 spiro atoms. The van der Waals surface area contributed by atoms with E-state index in [0.29, 0.717) is 55.3 Å². The van der Waals surface area contributed by atoms with Crippen molar-refractivity contribution in [3.63, 3.8) is 0 Å². The molecule has 0 unspecified atom stereocenters. The average Bonchev–Trinajstić information content (AvgIpc) is 3.04. The number of Topliss-reactive ketones (excluding diaryl/α,β-unsaturated/α-hetero) is 1. The van der Waals surface area contributed by atoms with Crippen LogP contribution in [0.3, 0.4) is 0 Å². The second kappa shape index (κ2) is 11.6. The molecule has 1 saturated heterocycles. The summed E-state index contributed by atoms with van der Waals surface area (Å²) in [6.45, 7) is 5.25. The van der Waals surface area contributed by atoms with Crippen LogP contribution in [-0.4, -0.2) is 39.3 Å². The Kier molecular flexibility index (Phi) is 7.59. The first kappa shape index (κ1) is 28.0. The number of piperidine rings is 1. The van der Waals surface area contributed by atoms with E-state index in [2.05, 4.69) is 10.2 Å². The molecule has 216 valence electrons. The number of aryl methyl sites for hydroxylation is 1. The van der Waals surface area contributed by atoms with Gasteiger partial charge in [0.1, 0.15) is 5.78 Å². The van der Waals surface area contributed by atoms with Crippen LogP contribution in [-0.2, 0) is 16.8 Å². The number of ketones is 1. The molecule has 1 aliphatic heterocycles. The van der Waals surface area contributed by atoms with Gasteiger partial charge in [-0.3, -0.25) is 19.0 Å². The average molecular weight is 572 g/mol. The minimum Gasteiger partial charge on any atom is -0.348 e. The van der Waals surface area contributed by atoms with E-state index in [-0.39, 0.29) is 17.2 Å². The van der Waals surface area contributed by atoms with Crippen molar-refractivity contribution in [1.82, 2.24) is 19.9 Å². The molecule has 0 radical (unpaired) electrons. The summed E-state index contributed by atoms with van der Waals surface area (Å²) in [5, 5.41) is 3.71. The van der Waals surface area contributed by atoms with Crippen molar-refractivity contribution in [2.75, 3.05) is 18.0 Å². The van der Waals surface area contributed by atoms with E-state index >= 15 is 0 Å². The molecule has 0 atom stereocenters. The van der Waals surface area contributed by atoms with Crippen LogP contribution in [0, 0.1) is 6.92 Å². The van der Waals surface area contributed by atoms with Crippen LogP contribution in [0.2, 0.25) is 0 Å². The van der Waals surface area contributed by atoms with Crippen molar-refractivity contribution in [1.29, 1.82) is 0 Å². The molecule has 3 aromatic carbocycles. The van der Waals surface area contributed by atoms with E-state index < -0.39 is 5.41 Å². The molecule has 8 heteroatoms. The Labute approximate surface area is 250 Å². The molecule has 5 aromatic rings. The van der Waals surface area contributed by atoms with Gasteiger partial charge in [-0.1, -0.05) is 60.7 Å². The zero-order chi connectivity index (χ0) is 30.0. The van der Waals surface area contributed by atoms with E-state index in [1.165, 1.54) is 6.07 Å². The summed E-state index contributed by atoms with van der Waals surface area (Å²) >= 11 is 0. The zero-order valence-electron chi connectivity index (χ0n) is 24.3. The first-order chi connectivity index (χ1) is 20.9. The molecule has 1 amide bonds. The Morgan fingerprint density at radius 2 is 1.49 bits per heavy atom. The van der Waals surface area contributed by atoms with E-state index in [0.717, 1.165) is 22.2 Å². The van der Waals surface area contributed by atoms with Crippen LogP contribution < -0.4 is 15.8 Å². The van der Waals surface area contributed by atoms with Crippen LogP contribution in [0.4, 0.5) is 5.95 Å².